The fourth-order valence-corrected chi connectivity index (χ4v) is 3.74. The summed E-state index contributed by atoms with van der Waals surface area (Å²) in [5.74, 6) is -0.625. The van der Waals surface area contributed by atoms with Crippen molar-refractivity contribution in [3.63, 3.8) is 0 Å². The highest BCUT2D eigenvalue weighted by atomic mass is 79.9. The van der Waals surface area contributed by atoms with E-state index in [1.54, 1.807) is 23.5 Å². The molecule has 4 nitrogen and oxygen atoms in total. The van der Waals surface area contributed by atoms with E-state index in [-0.39, 0.29) is 11.8 Å². The smallest absolute Gasteiger partial charge is 0.267 e. The largest absolute Gasteiger partial charge is 0.279 e. The van der Waals surface area contributed by atoms with Gasteiger partial charge >= 0.3 is 0 Å². The van der Waals surface area contributed by atoms with Crippen molar-refractivity contribution in [3.8, 4) is 0 Å². The lowest BCUT2D eigenvalue weighted by Gasteiger charge is -2.05. The van der Waals surface area contributed by atoms with E-state index in [9.17, 15) is 9.59 Å². The van der Waals surface area contributed by atoms with E-state index >= 15 is 0 Å². The van der Waals surface area contributed by atoms with Crippen LogP contribution in [-0.2, 0) is 0 Å². The van der Waals surface area contributed by atoms with E-state index in [4.69, 9.17) is 0 Å². The summed E-state index contributed by atoms with van der Waals surface area (Å²) in [5.41, 5.74) is 5.42. The maximum Gasteiger partial charge on any atom is 0.279 e. The molecule has 0 fully saturated rings. The minimum Gasteiger partial charge on any atom is -0.267 e. The Morgan fingerprint density at radius 2 is 1.79 bits per heavy atom. The molecule has 19 heavy (non-hydrogen) atoms. The number of amides is 2. The molecule has 0 aliphatic rings. The predicted molar refractivity (Wildman–Crippen MR) is 80.7 cm³/mol. The van der Waals surface area contributed by atoms with Crippen LogP contribution in [0.4, 0.5) is 0 Å². The molecule has 2 aromatic heterocycles. The Bertz CT molecular complexity index is 633. The zero-order valence-electron chi connectivity index (χ0n) is 10.2. The van der Waals surface area contributed by atoms with Gasteiger partial charge in [0, 0.05) is 9.75 Å². The maximum absolute atomic E-state index is 11.9. The molecule has 2 heterocycles. The Kier molecular flexibility index (Phi) is 4.38. The summed E-state index contributed by atoms with van der Waals surface area (Å²) in [5, 5.41) is 0. The van der Waals surface area contributed by atoms with Crippen molar-refractivity contribution in [3.05, 3.63) is 42.2 Å². The molecule has 0 unspecified atom stereocenters. The SMILES string of the molecule is Cc1cc(C(=O)NNC(=O)c2ccc(Br)s2)c(C)s1. The second kappa shape index (κ2) is 5.85. The molecule has 0 radical (unpaired) electrons. The molecule has 2 N–H and O–H groups in total. The Morgan fingerprint density at radius 1 is 1.11 bits per heavy atom. The summed E-state index contributed by atoms with van der Waals surface area (Å²) >= 11 is 6.14. The van der Waals surface area contributed by atoms with Crippen LogP contribution in [0, 0.1) is 13.8 Å². The first kappa shape index (κ1) is 14.2. The van der Waals surface area contributed by atoms with Crippen LogP contribution in [0.15, 0.2) is 22.0 Å². The third kappa shape index (κ3) is 3.43. The minimum absolute atomic E-state index is 0.300. The fraction of sp³-hybridized carbons (Fsp3) is 0.167. The predicted octanol–water partition coefficient (Wildman–Crippen LogP) is 3.26. The van der Waals surface area contributed by atoms with Gasteiger partial charge in [0.05, 0.1) is 14.2 Å². The molecule has 2 rings (SSSR count). The Labute approximate surface area is 126 Å². The number of hydrogen-bond donors (Lipinski definition) is 2. The quantitative estimate of drug-likeness (QED) is 0.809. The van der Waals surface area contributed by atoms with E-state index in [1.807, 2.05) is 19.9 Å². The van der Waals surface area contributed by atoms with Gasteiger partial charge in [-0.05, 0) is 48.0 Å². The lowest BCUT2D eigenvalue weighted by atomic mass is 10.2. The van der Waals surface area contributed by atoms with Crippen molar-refractivity contribution in [2.45, 2.75) is 13.8 Å². The van der Waals surface area contributed by atoms with Crippen LogP contribution in [0.2, 0.25) is 0 Å². The van der Waals surface area contributed by atoms with E-state index in [0.29, 0.717) is 10.4 Å². The number of carbonyl (C=O) groups excluding carboxylic acids is 2. The molecular formula is C12H11BrN2O2S2. The molecule has 0 atom stereocenters. The van der Waals surface area contributed by atoms with Crippen LogP contribution in [0.1, 0.15) is 29.8 Å². The summed E-state index contributed by atoms with van der Waals surface area (Å²) in [6.45, 7) is 3.82. The monoisotopic (exact) mass is 358 g/mol. The lowest BCUT2D eigenvalue weighted by Crippen LogP contribution is -2.41. The molecule has 0 saturated carbocycles. The molecule has 0 saturated heterocycles. The van der Waals surface area contributed by atoms with Gasteiger partial charge in [0.1, 0.15) is 0 Å². The first-order chi connectivity index (χ1) is 8.97. The van der Waals surface area contributed by atoms with Crippen LogP contribution in [0.5, 0.6) is 0 Å². The Balaban J connectivity index is 1.97. The van der Waals surface area contributed by atoms with Crippen molar-refractivity contribution in [1.29, 1.82) is 0 Å². The molecule has 7 heteroatoms. The Morgan fingerprint density at radius 3 is 2.32 bits per heavy atom. The number of halogens is 1. The zero-order valence-corrected chi connectivity index (χ0v) is 13.5. The van der Waals surface area contributed by atoms with Gasteiger partial charge < -0.3 is 0 Å². The van der Waals surface area contributed by atoms with E-state index in [1.165, 1.54) is 11.3 Å². The van der Waals surface area contributed by atoms with Gasteiger partial charge in [-0.2, -0.15) is 0 Å². The van der Waals surface area contributed by atoms with Crippen LogP contribution in [0.3, 0.4) is 0 Å². The van der Waals surface area contributed by atoms with E-state index in [2.05, 4.69) is 26.8 Å². The molecule has 2 amide bonds. The fourth-order valence-electron chi connectivity index (χ4n) is 1.54. The summed E-state index contributed by atoms with van der Waals surface area (Å²) < 4.78 is 0.869. The van der Waals surface area contributed by atoms with Gasteiger partial charge in [-0.3, -0.25) is 20.4 Å². The highest BCUT2D eigenvalue weighted by Gasteiger charge is 2.14. The molecule has 100 valence electrons. The number of aryl methyl sites for hydroxylation is 2. The number of nitrogens with one attached hydrogen (secondary N) is 2. The van der Waals surface area contributed by atoms with E-state index < -0.39 is 0 Å². The number of carbonyl (C=O) groups is 2. The minimum atomic E-state index is -0.325. The summed E-state index contributed by atoms with van der Waals surface area (Å²) in [4.78, 5) is 26.2. The van der Waals surface area contributed by atoms with Crippen molar-refractivity contribution >= 4 is 50.4 Å². The molecule has 0 spiro atoms. The van der Waals surface area contributed by atoms with Crippen molar-refractivity contribution in [2.24, 2.45) is 0 Å². The molecule has 0 bridgehead atoms. The summed E-state index contributed by atoms with van der Waals surface area (Å²) in [7, 11) is 0. The lowest BCUT2D eigenvalue weighted by molar-refractivity contribution is 0.0849. The first-order valence-corrected chi connectivity index (χ1v) is 7.83. The molecule has 0 aromatic carbocycles. The topological polar surface area (TPSA) is 58.2 Å². The average Bonchev–Trinajstić information content (AvgIpc) is 2.92. The van der Waals surface area contributed by atoms with Crippen molar-refractivity contribution in [2.75, 3.05) is 0 Å². The van der Waals surface area contributed by atoms with E-state index in [0.717, 1.165) is 13.5 Å². The third-order valence-electron chi connectivity index (χ3n) is 2.37. The molecule has 2 aromatic rings. The molecular weight excluding hydrogens is 348 g/mol. The van der Waals surface area contributed by atoms with Crippen molar-refractivity contribution in [1.82, 2.24) is 10.9 Å². The highest BCUT2D eigenvalue weighted by Crippen LogP contribution is 2.22. The highest BCUT2D eigenvalue weighted by molar-refractivity contribution is 9.11. The number of hydrazine groups is 1. The van der Waals surface area contributed by atoms with Gasteiger partial charge in [-0.1, -0.05) is 0 Å². The standard InChI is InChI=1S/C12H11BrN2O2S2/c1-6-5-8(7(2)18-6)11(16)14-15-12(17)9-3-4-10(13)19-9/h3-5H,1-2H3,(H,14,16)(H,15,17). The van der Waals surface area contributed by atoms with Crippen LogP contribution in [0.25, 0.3) is 0 Å². The number of hydrogen-bond acceptors (Lipinski definition) is 4. The van der Waals surface area contributed by atoms with Crippen molar-refractivity contribution < 1.29 is 9.59 Å². The normalized spacial score (nSPS) is 10.3. The molecule has 0 aliphatic carbocycles. The second-order valence-electron chi connectivity index (χ2n) is 3.84. The zero-order chi connectivity index (χ0) is 14.0. The van der Waals surface area contributed by atoms with Gasteiger partial charge in [0.15, 0.2) is 0 Å². The Hall–Kier alpha value is -1.18. The summed E-state index contributed by atoms with van der Waals surface area (Å²) in [6, 6.07) is 5.28. The van der Waals surface area contributed by atoms with Crippen LogP contribution < -0.4 is 10.9 Å². The van der Waals surface area contributed by atoms with Gasteiger partial charge in [-0.25, -0.2) is 0 Å². The maximum atomic E-state index is 11.9. The average molecular weight is 359 g/mol. The van der Waals surface area contributed by atoms with Crippen LogP contribution >= 0.6 is 38.6 Å². The summed E-state index contributed by atoms with van der Waals surface area (Å²) in [6.07, 6.45) is 0. The first-order valence-electron chi connectivity index (χ1n) is 5.40. The van der Waals surface area contributed by atoms with Gasteiger partial charge in [0.2, 0.25) is 0 Å². The van der Waals surface area contributed by atoms with Gasteiger partial charge in [-0.15, -0.1) is 22.7 Å². The second-order valence-corrected chi connectivity index (χ2v) is 7.76. The molecule has 0 aliphatic heterocycles. The number of rotatable bonds is 2. The third-order valence-corrected chi connectivity index (χ3v) is 4.96. The number of thiophene rings is 2. The van der Waals surface area contributed by atoms with Gasteiger partial charge in [0.25, 0.3) is 11.8 Å². The van der Waals surface area contributed by atoms with Crippen LogP contribution in [-0.4, -0.2) is 11.8 Å².